The van der Waals surface area contributed by atoms with E-state index in [0.29, 0.717) is 23.6 Å². The van der Waals surface area contributed by atoms with Crippen molar-refractivity contribution in [1.82, 2.24) is 15.0 Å². The summed E-state index contributed by atoms with van der Waals surface area (Å²) < 4.78 is 5.83. The fraction of sp³-hybridized carbons (Fsp3) is 0.105. The van der Waals surface area contributed by atoms with Crippen LogP contribution in [0.25, 0.3) is 22.6 Å². The highest BCUT2D eigenvalue weighted by molar-refractivity contribution is 5.76. The van der Waals surface area contributed by atoms with Crippen LogP contribution in [0.4, 0.5) is 0 Å². The van der Waals surface area contributed by atoms with Crippen molar-refractivity contribution >= 4 is 11.1 Å². The third-order valence-electron chi connectivity index (χ3n) is 3.82. The van der Waals surface area contributed by atoms with Gasteiger partial charge in [-0.2, -0.15) is 0 Å². The first-order valence-corrected chi connectivity index (χ1v) is 7.68. The zero-order chi connectivity index (χ0) is 16.4. The largest absolute Gasteiger partial charge is 0.436 e. The summed E-state index contributed by atoms with van der Waals surface area (Å²) >= 11 is 0. The predicted molar refractivity (Wildman–Crippen MR) is 90.1 cm³/mol. The number of benzene rings is 1. The summed E-state index contributed by atoms with van der Waals surface area (Å²) in [6.07, 6.45) is 4.93. The minimum Gasteiger partial charge on any atom is -0.436 e. The highest BCUT2D eigenvalue weighted by Gasteiger charge is 2.12. The molecule has 24 heavy (non-hydrogen) atoms. The van der Waals surface area contributed by atoms with Crippen LogP contribution in [0, 0.1) is 0 Å². The van der Waals surface area contributed by atoms with Crippen LogP contribution in [0.1, 0.15) is 17.4 Å². The van der Waals surface area contributed by atoms with Crippen LogP contribution in [-0.2, 0) is 6.42 Å². The van der Waals surface area contributed by atoms with E-state index in [1.54, 1.807) is 18.6 Å². The molecule has 5 heteroatoms. The molecular weight excluding hydrogens is 302 g/mol. The molecule has 4 aromatic rings. The lowest BCUT2D eigenvalue weighted by Crippen LogP contribution is -2.03. The van der Waals surface area contributed by atoms with E-state index in [2.05, 4.69) is 15.0 Å². The number of hydrogen-bond acceptors (Lipinski definition) is 5. The Kier molecular flexibility index (Phi) is 3.76. The number of aliphatic hydroxyl groups excluding tert-OH is 1. The van der Waals surface area contributed by atoms with Gasteiger partial charge in [0.25, 0.3) is 0 Å². The Morgan fingerprint density at radius 1 is 1.04 bits per heavy atom. The third kappa shape index (κ3) is 2.89. The molecule has 0 spiro atoms. The first-order valence-electron chi connectivity index (χ1n) is 7.68. The van der Waals surface area contributed by atoms with Gasteiger partial charge in [0.05, 0.1) is 17.4 Å². The molecule has 5 nitrogen and oxygen atoms in total. The summed E-state index contributed by atoms with van der Waals surface area (Å²) in [6, 6.07) is 15.0. The number of nitrogens with zero attached hydrogens (tertiary/aromatic N) is 3. The van der Waals surface area contributed by atoms with Gasteiger partial charge in [-0.3, -0.25) is 9.97 Å². The van der Waals surface area contributed by atoms with Crippen LogP contribution in [0.15, 0.2) is 71.5 Å². The molecule has 1 N–H and O–H groups in total. The van der Waals surface area contributed by atoms with Crippen molar-refractivity contribution in [3.8, 4) is 11.5 Å². The van der Waals surface area contributed by atoms with Crippen LogP contribution in [-0.4, -0.2) is 20.1 Å². The molecular formula is C19H15N3O2. The van der Waals surface area contributed by atoms with Gasteiger partial charge in [0.15, 0.2) is 5.58 Å². The molecule has 0 aliphatic rings. The molecule has 118 valence electrons. The van der Waals surface area contributed by atoms with E-state index in [-0.39, 0.29) is 0 Å². The van der Waals surface area contributed by atoms with Gasteiger partial charge in [0.2, 0.25) is 5.89 Å². The van der Waals surface area contributed by atoms with Crippen molar-refractivity contribution in [2.75, 3.05) is 0 Å². The molecule has 0 aliphatic carbocycles. The number of pyridine rings is 2. The van der Waals surface area contributed by atoms with E-state index in [4.69, 9.17) is 4.42 Å². The minimum absolute atomic E-state index is 0.468. The van der Waals surface area contributed by atoms with Crippen LogP contribution < -0.4 is 0 Å². The molecule has 0 fully saturated rings. The highest BCUT2D eigenvalue weighted by Crippen LogP contribution is 2.25. The number of oxazole rings is 1. The van der Waals surface area contributed by atoms with E-state index < -0.39 is 6.10 Å². The molecule has 4 rings (SSSR count). The molecule has 1 atom stereocenters. The van der Waals surface area contributed by atoms with Crippen LogP contribution in [0.5, 0.6) is 0 Å². The summed E-state index contributed by atoms with van der Waals surface area (Å²) in [5.74, 6) is 0.542. The van der Waals surface area contributed by atoms with Gasteiger partial charge in [-0.1, -0.05) is 12.1 Å². The fourth-order valence-electron chi connectivity index (χ4n) is 2.61. The summed E-state index contributed by atoms with van der Waals surface area (Å²) in [4.78, 5) is 12.7. The van der Waals surface area contributed by atoms with Gasteiger partial charge in [0.1, 0.15) is 5.52 Å². The summed E-state index contributed by atoms with van der Waals surface area (Å²) in [5, 5.41) is 10.3. The Hall–Kier alpha value is -3.05. The number of rotatable bonds is 4. The fourth-order valence-corrected chi connectivity index (χ4v) is 2.61. The molecule has 0 amide bonds. The van der Waals surface area contributed by atoms with E-state index in [1.165, 1.54) is 0 Å². The number of aromatic nitrogens is 3. The predicted octanol–water partition coefficient (Wildman–Crippen LogP) is 3.56. The Bertz CT molecular complexity index is 952. The second-order valence-corrected chi connectivity index (χ2v) is 5.54. The van der Waals surface area contributed by atoms with Crippen molar-refractivity contribution in [3.05, 3.63) is 78.4 Å². The Morgan fingerprint density at radius 3 is 2.79 bits per heavy atom. The van der Waals surface area contributed by atoms with Crippen LogP contribution in [0.2, 0.25) is 0 Å². The molecule has 1 aromatic carbocycles. The molecule has 0 aliphatic heterocycles. The zero-order valence-corrected chi connectivity index (χ0v) is 12.8. The standard InChI is InChI=1S/C19H15N3O2/c23-17(15-5-1-2-9-21-15)10-13-6-7-16-18(11-13)24-19(22-16)14-4-3-8-20-12-14/h1-9,11-12,17,23H,10H2. The maximum absolute atomic E-state index is 10.3. The lowest BCUT2D eigenvalue weighted by molar-refractivity contribution is 0.173. The number of hydrogen-bond donors (Lipinski definition) is 1. The molecule has 0 radical (unpaired) electrons. The van der Waals surface area contributed by atoms with Crippen molar-refractivity contribution in [2.45, 2.75) is 12.5 Å². The Morgan fingerprint density at radius 2 is 2.00 bits per heavy atom. The second kappa shape index (κ2) is 6.22. The van der Waals surface area contributed by atoms with Crippen LogP contribution >= 0.6 is 0 Å². The van der Waals surface area contributed by atoms with E-state index in [0.717, 1.165) is 16.6 Å². The lowest BCUT2D eigenvalue weighted by atomic mass is 10.0. The van der Waals surface area contributed by atoms with E-state index in [1.807, 2.05) is 48.5 Å². The van der Waals surface area contributed by atoms with Crippen molar-refractivity contribution in [1.29, 1.82) is 0 Å². The normalized spacial score (nSPS) is 12.4. The summed E-state index contributed by atoms with van der Waals surface area (Å²) in [6.45, 7) is 0. The molecule has 0 saturated carbocycles. The SMILES string of the molecule is OC(Cc1ccc2nc(-c3cccnc3)oc2c1)c1ccccn1. The van der Waals surface area contributed by atoms with Gasteiger partial charge in [0, 0.05) is 25.0 Å². The molecule has 1 unspecified atom stereocenters. The molecule has 3 aromatic heterocycles. The van der Waals surface area contributed by atoms with E-state index in [9.17, 15) is 5.11 Å². The average molecular weight is 317 g/mol. The topological polar surface area (TPSA) is 72.0 Å². The van der Waals surface area contributed by atoms with Crippen molar-refractivity contribution < 1.29 is 9.52 Å². The first-order chi connectivity index (χ1) is 11.8. The van der Waals surface area contributed by atoms with Gasteiger partial charge in [-0.25, -0.2) is 4.98 Å². The van der Waals surface area contributed by atoms with Gasteiger partial charge in [-0.05, 0) is 42.0 Å². The van der Waals surface area contributed by atoms with Gasteiger partial charge < -0.3 is 9.52 Å². The van der Waals surface area contributed by atoms with E-state index >= 15 is 0 Å². The van der Waals surface area contributed by atoms with Crippen molar-refractivity contribution in [3.63, 3.8) is 0 Å². The lowest BCUT2D eigenvalue weighted by Gasteiger charge is -2.09. The number of fused-ring (bicyclic) bond motifs is 1. The zero-order valence-electron chi connectivity index (χ0n) is 12.8. The smallest absolute Gasteiger partial charge is 0.228 e. The quantitative estimate of drug-likeness (QED) is 0.623. The molecule has 0 saturated heterocycles. The highest BCUT2D eigenvalue weighted by atomic mass is 16.3. The monoisotopic (exact) mass is 317 g/mol. The third-order valence-corrected chi connectivity index (χ3v) is 3.82. The number of aliphatic hydroxyl groups is 1. The Labute approximate surface area is 138 Å². The first kappa shape index (κ1) is 14.5. The molecule has 3 heterocycles. The van der Waals surface area contributed by atoms with Crippen LogP contribution in [0.3, 0.4) is 0 Å². The van der Waals surface area contributed by atoms with Gasteiger partial charge in [-0.15, -0.1) is 0 Å². The Balaban J connectivity index is 1.61. The maximum Gasteiger partial charge on any atom is 0.228 e. The van der Waals surface area contributed by atoms with Gasteiger partial charge >= 0.3 is 0 Å². The average Bonchev–Trinajstić information content (AvgIpc) is 3.06. The molecule has 0 bridgehead atoms. The second-order valence-electron chi connectivity index (χ2n) is 5.54. The van der Waals surface area contributed by atoms with Crippen molar-refractivity contribution in [2.24, 2.45) is 0 Å². The minimum atomic E-state index is -0.649. The maximum atomic E-state index is 10.3. The summed E-state index contributed by atoms with van der Waals surface area (Å²) in [5.41, 5.74) is 3.94. The summed E-state index contributed by atoms with van der Waals surface area (Å²) in [7, 11) is 0.